The van der Waals surface area contributed by atoms with E-state index in [1.54, 1.807) is 31.4 Å². The largest absolute Gasteiger partial charge is 0.507 e. The van der Waals surface area contributed by atoms with E-state index in [1.807, 2.05) is 24.4 Å². The molecule has 1 fully saturated rings. The monoisotopic (exact) mass is 531 g/mol. The van der Waals surface area contributed by atoms with Crippen LogP contribution in [0.1, 0.15) is 22.7 Å². The quantitative estimate of drug-likeness (QED) is 0.108. The van der Waals surface area contributed by atoms with Gasteiger partial charge in [-0.05, 0) is 60.0 Å². The molecule has 1 aliphatic rings. The first-order chi connectivity index (χ1) is 18.3. The van der Waals surface area contributed by atoms with Crippen LogP contribution in [-0.4, -0.2) is 45.3 Å². The highest BCUT2D eigenvalue weighted by Crippen LogP contribution is 2.40. The zero-order valence-electron chi connectivity index (χ0n) is 20.2. The van der Waals surface area contributed by atoms with Crippen molar-refractivity contribution in [3.63, 3.8) is 0 Å². The predicted octanol–water partition coefficient (Wildman–Crippen LogP) is 5.40. The maximum atomic E-state index is 13.3. The Morgan fingerprint density at radius 1 is 1.11 bits per heavy atom. The number of benzene rings is 3. The lowest BCUT2D eigenvalue weighted by Gasteiger charge is -2.25. The highest BCUT2D eigenvalue weighted by Gasteiger charge is 2.45. The fraction of sp³-hybridized carbons (Fsp3) is 0.143. The first kappa shape index (κ1) is 25.0. The first-order valence-corrected chi connectivity index (χ1v) is 12.1. The molecule has 1 unspecified atom stereocenters. The van der Waals surface area contributed by atoms with Crippen LogP contribution in [0, 0.1) is 10.1 Å². The third kappa shape index (κ3) is 4.48. The minimum atomic E-state index is -0.873. The van der Waals surface area contributed by atoms with Gasteiger partial charge in [0.25, 0.3) is 17.4 Å². The number of ketones is 1. The maximum absolute atomic E-state index is 13.3. The Kier molecular flexibility index (Phi) is 6.61. The zero-order valence-corrected chi connectivity index (χ0v) is 20.9. The van der Waals surface area contributed by atoms with Gasteiger partial charge in [0.2, 0.25) is 0 Å². The van der Waals surface area contributed by atoms with Crippen LogP contribution >= 0.6 is 11.6 Å². The summed E-state index contributed by atoms with van der Waals surface area (Å²) in [4.78, 5) is 41.6. The summed E-state index contributed by atoms with van der Waals surface area (Å²) >= 11 is 6.08. The fourth-order valence-electron chi connectivity index (χ4n) is 4.73. The Bertz CT molecular complexity index is 1590. The van der Waals surface area contributed by atoms with E-state index in [-0.39, 0.29) is 23.4 Å². The average molecular weight is 532 g/mol. The second kappa shape index (κ2) is 10.0. The summed E-state index contributed by atoms with van der Waals surface area (Å²) in [7, 11) is 1.59. The maximum Gasteiger partial charge on any atom is 0.295 e. The van der Waals surface area contributed by atoms with Crippen LogP contribution in [0.3, 0.4) is 0 Å². The third-order valence-electron chi connectivity index (χ3n) is 6.67. The number of rotatable bonds is 7. The van der Waals surface area contributed by atoms with E-state index < -0.39 is 28.4 Å². The second-order valence-corrected chi connectivity index (χ2v) is 9.26. The molecule has 1 aromatic heterocycles. The molecule has 0 saturated carbocycles. The number of halogens is 1. The second-order valence-electron chi connectivity index (χ2n) is 8.82. The van der Waals surface area contributed by atoms with E-state index in [9.17, 15) is 24.8 Å². The molecule has 0 radical (unpaired) electrons. The summed E-state index contributed by atoms with van der Waals surface area (Å²) in [5.41, 5.74) is 2.38. The number of H-pyrrole nitrogens is 1. The number of Topliss-reactive ketones (excluding diaryl/α,β-unsaturated/α-hetero) is 1. The van der Waals surface area contributed by atoms with Crippen molar-refractivity contribution in [2.75, 3.05) is 13.7 Å². The molecule has 2 N–H and O–H groups in total. The number of hydrogen-bond donors (Lipinski definition) is 2. The highest BCUT2D eigenvalue weighted by molar-refractivity contribution is 6.46. The molecule has 1 aliphatic heterocycles. The van der Waals surface area contributed by atoms with Crippen molar-refractivity contribution in [2.45, 2.75) is 12.5 Å². The molecule has 5 rings (SSSR count). The minimum absolute atomic E-state index is 0.0910. The van der Waals surface area contributed by atoms with Gasteiger partial charge in [-0.1, -0.05) is 23.7 Å². The van der Waals surface area contributed by atoms with E-state index in [0.29, 0.717) is 22.8 Å². The number of nitro benzene ring substituents is 1. The molecule has 192 valence electrons. The summed E-state index contributed by atoms with van der Waals surface area (Å²) in [6.45, 7) is 0.194. The van der Waals surface area contributed by atoms with Gasteiger partial charge in [0.05, 0.1) is 23.6 Å². The molecule has 1 atom stereocenters. The van der Waals surface area contributed by atoms with Crippen LogP contribution in [-0.2, 0) is 16.0 Å². The summed E-state index contributed by atoms with van der Waals surface area (Å²) in [5, 5.41) is 23.6. The number of nitrogens with zero attached hydrogens (tertiary/aromatic N) is 2. The number of fused-ring (bicyclic) bond motifs is 1. The van der Waals surface area contributed by atoms with Crippen LogP contribution in [0.4, 0.5) is 5.69 Å². The van der Waals surface area contributed by atoms with Crippen LogP contribution in [0.25, 0.3) is 16.7 Å². The van der Waals surface area contributed by atoms with Crippen molar-refractivity contribution < 1.29 is 24.4 Å². The number of aromatic amines is 1. The van der Waals surface area contributed by atoms with E-state index in [0.717, 1.165) is 16.5 Å². The number of likely N-dealkylation sites (tertiary alicyclic amines) is 1. The summed E-state index contributed by atoms with van der Waals surface area (Å²) < 4.78 is 5.34. The molecule has 3 aromatic carbocycles. The molecular weight excluding hydrogens is 510 g/mol. The van der Waals surface area contributed by atoms with Crippen LogP contribution in [0.15, 0.2) is 78.5 Å². The number of aliphatic hydroxyl groups excluding tert-OH is 1. The lowest BCUT2D eigenvalue weighted by Crippen LogP contribution is -2.31. The summed E-state index contributed by atoms with van der Waals surface area (Å²) in [6, 6.07) is 16.6. The number of nitrogens with one attached hydrogen (secondary N) is 1. The number of nitro groups is 1. The number of aromatic nitrogens is 1. The number of ether oxygens (including phenoxy) is 1. The molecule has 38 heavy (non-hydrogen) atoms. The predicted molar refractivity (Wildman–Crippen MR) is 142 cm³/mol. The third-order valence-corrected chi connectivity index (χ3v) is 6.93. The molecular formula is C28H22ClN3O6. The molecule has 0 bridgehead atoms. The molecule has 9 nitrogen and oxygen atoms in total. The van der Waals surface area contributed by atoms with Gasteiger partial charge in [-0.2, -0.15) is 0 Å². The Morgan fingerprint density at radius 2 is 1.82 bits per heavy atom. The number of amides is 1. The fourth-order valence-corrected chi connectivity index (χ4v) is 4.86. The average Bonchev–Trinajstić information content (AvgIpc) is 3.44. The Labute approximate surface area is 222 Å². The summed E-state index contributed by atoms with van der Waals surface area (Å²) in [5.74, 6) is -1.28. The Morgan fingerprint density at radius 3 is 2.47 bits per heavy atom. The Hall–Kier alpha value is -4.63. The normalized spacial score (nSPS) is 16.8. The standard InChI is InChI=1S/C28H22ClN3O6/c1-38-21-10-11-23-22(14-21)18(15-30-23)12-13-31-25(16-2-6-19(29)7-3-16)24(27(34)28(31)35)26(33)17-4-8-20(9-5-17)32(36)37/h2-11,14-15,25,30,33H,12-13H2,1H3/b26-24-. The van der Waals surface area contributed by atoms with Gasteiger partial charge in [-0.15, -0.1) is 0 Å². The van der Waals surface area contributed by atoms with Crippen molar-refractivity contribution in [1.82, 2.24) is 9.88 Å². The smallest absolute Gasteiger partial charge is 0.295 e. The topological polar surface area (TPSA) is 126 Å². The number of aliphatic hydroxyl groups is 1. The van der Waals surface area contributed by atoms with Crippen LogP contribution in [0.2, 0.25) is 5.02 Å². The van der Waals surface area contributed by atoms with E-state index in [1.165, 1.54) is 29.2 Å². The van der Waals surface area contributed by atoms with Crippen molar-refractivity contribution >= 4 is 45.6 Å². The van der Waals surface area contributed by atoms with Crippen LogP contribution in [0.5, 0.6) is 5.75 Å². The van der Waals surface area contributed by atoms with Gasteiger partial charge in [-0.3, -0.25) is 19.7 Å². The number of carbonyl (C=O) groups excluding carboxylic acids is 2. The van der Waals surface area contributed by atoms with Gasteiger partial charge in [-0.25, -0.2) is 0 Å². The van der Waals surface area contributed by atoms with Crippen molar-refractivity contribution in [1.29, 1.82) is 0 Å². The molecule has 0 spiro atoms. The molecule has 1 amide bonds. The lowest BCUT2D eigenvalue weighted by molar-refractivity contribution is -0.384. The summed E-state index contributed by atoms with van der Waals surface area (Å²) in [6.07, 6.45) is 2.29. The molecule has 0 aliphatic carbocycles. The van der Waals surface area contributed by atoms with E-state index in [4.69, 9.17) is 16.3 Å². The Balaban J connectivity index is 1.54. The number of methoxy groups -OCH3 is 1. The minimum Gasteiger partial charge on any atom is -0.507 e. The lowest BCUT2D eigenvalue weighted by atomic mass is 9.95. The van der Waals surface area contributed by atoms with E-state index in [2.05, 4.69) is 4.98 Å². The molecule has 2 heterocycles. The number of carbonyl (C=O) groups is 2. The van der Waals surface area contributed by atoms with E-state index >= 15 is 0 Å². The molecule has 10 heteroatoms. The molecule has 4 aromatic rings. The van der Waals surface area contributed by atoms with Gasteiger partial charge in [0.15, 0.2) is 0 Å². The SMILES string of the molecule is COc1ccc2[nH]cc(CCN3C(=O)C(=O)/C(=C(\O)c4ccc([N+](=O)[O-])cc4)C3c3ccc(Cl)cc3)c2c1. The van der Waals surface area contributed by atoms with Gasteiger partial charge in [0, 0.05) is 46.4 Å². The zero-order chi connectivity index (χ0) is 27.0. The van der Waals surface area contributed by atoms with Crippen molar-refractivity contribution in [3.05, 3.63) is 110 Å². The van der Waals surface area contributed by atoms with Gasteiger partial charge >= 0.3 is 0 Å². The van der Waals surface area contributed by atoms with Crippen LogP contribution < -0.4 is 4.74 Å². The highest BCUT2D eigenvalue weighted by atomic mass is 35.5. The van der Waals surface area contributed by atoms with Gasteiger partial charge in [0.1, 0.15) is 11.5 Å². The van der Waals surface area contributed by atoms with Crippen molar-refractivity contribution in [3.8, 4) is 5.75 Å². The first-order valence-electron chi connectivity index (χ1n) is 11.7. The van der Waals surface area contributed by atoms with Gasteiger partial charge < -0.3 is 19.7 Å². The number of non-ortho nitro benzene ring substituents is 1. The number of hydrogen-bond acceptors (Lipinski definition) is 6. The molecule has 1 saturated heterocycles. The van der Waals surface area contributed by atoms with Crippen molar-refractivity contribution in [2.24, 2.45) is 0 Å².